The molecule has 2 fully saturated rings. The van der Waals surface area contributed by atoms with Crippen LogP contribution in [0.5, 0.6) is 0 Å². The smallest absolute Gasteiger partial charge is 0.433 e. The third kappa shape index (κ3) is 7.31. The number of piperazine rings is 1. The van der Waals surface area contributed by atoms with Gasteiger partial charge in [0.2, 0.25) is 0 Å². The van der Waals surface area contributed by atoms with E-state index in [0.717, 1.165) is 59.6 Å². The average Bonchev–Trinajstić information content (AvgIpc) is 3.44. The van der Waals surface area contributed by atoms with E-state index in [4.69, 9.17) is 16.3 Å². The number of aromatic nitrogens is 2. The zero-order valence-corrected chi connectivity index (χ0v) is 26.0. The second-order valence-electron chi connectivity index (χ2n) is 12.0. The molecule has 0 bridgehead atoms. The summed E-state index contributed by atoms with van der Waals surface area (Å²) in [6.45, 7) is 9.23. The minimum Gasteiger partial charge on any atom is -0.462 e. The van der Waals surface area contributed by atoms with Gasteiger partial charge >= 0.3 is 12.1 Å². The Bertz CT molecular complexity index is 1450. The Labute approximate surface area is 260 Å². The topological polar surface area (TPSA) is 53.8 Å². The van der Waals surface area contributed by atoms with Gasteiger partial charge in [-0.05, 0) is 63.4 Å². The van der Waals surface area contributed by atoms with Crippen LogP contribution in [0.2, 0.25) is 5.02 Å². The Hall–Kier alpha value is -3.31. The standard InChI is InChI=1S/C32H38ClF4N5O2/c1-4-44-30(43)27-19-38-42(29(27)32(35,36)37)25-6-5-13-41(20-25)28-18-23(33)9-12-26(28)22-7-10-24(11-8-22)40-16-14-39(15-17-40)21-31(2,3)34/h7-12,18-19,25H,4-6,13-17,20-21H2,1-3H3. The maximum absolute atomic E-state index is 14.2. The lowest BCUT2D eigenvalue weighted by Crippen LogP contribution is -2.49. The van der Waals surface area contributed by atoms with Gasteiger partial charge in [-0.3, -0.25) is 9.58 Å². The van der Waals surface area contributed by atoms with Crippen molar-refractivity contribution in [2.75, 3.05) is 62.2 Å². The highest BCUT2D eigenvalue weighted by atomic mass is 35.5. The minimum atomic E-state index is -4.78. The fourth-order valence-corrected chi connectivity index (χ4v) is 6.38. The van der Waals surface area contributed by atoms with Gasteiger partial charge in [0.25, 0.3) is 0 Å². The Morgan fingerprint density at radius 1 is 1.00 bits per heavy atom. The summed E-state index contributed by atoms with van der Waals surface area (Å²) in [4.78, 5) is 18.8. The van der Waals surface area contributed by atoms with Crippen LogP contribution in [0.4, 0.5) is 28.9 Å². The predicted molar refractivity (Wildman–Crippen MR) is 164 cm³/mol. The van der Waals surface area contributed by atoms with Gasteiger partial charge in [0.1, 0.15) is 11.2 Å². The Balaban J connectivity index is 1.36. The molecule has 44 heavy (non-hydrogen) atoms. The molecule has 0 amide bonds. The van der Waals surface area contributed by atoms with Crippen LogP contribution in [0.25, 0.3) is 11.1 Å². The number of carbonyl (C=O) groups excluding carboxylic acids is 1. The molecule has 1 aromatic heterocycles. The Kier molecular flexibility index (Phi) is 9.46. The molecule has 0 spiro atoms. The van der Waals surface area contributed by atoms with Crippen LogP contribution < -0.4 is 9.80 Å². The molecule has 2 saturated heterocycles. The summed E-state index contributed by atoms with van der Waals surface area (Å²) in [5, 5.41) is 4.55. The van der Waals surface area contributed by atoms with E-state index in [-0.39, 0.29) is 13.2 Å². The molecule has 3 heterocycles. The second kappa shape index (κ2) is 13.0. The van der Waals surface area contributed by atoms with Gasteiger partial charge in [-0.2, -0.15) is 18.3 Å². The van der Waals surface area contributed by atoms with Crippen molar-refractivity contribution in [3.05, 3.63) is 64.9 Å². The van der Waals surface area contributed by atoms with Gasteiger partial charge in [0.15, 0.2) is 5.69 Å². The molecule has 2 aliphatic heterocycles. The average molecular weight is 636 g/mol. The van der Waals surface area contributed by atoms with E-state index >= 15 is 0 Å². The van der Waals surface area contributed by atoms with E-state index in [1.54, 1.807) is 20.8 Å². The monoisotopic (exact) mass is 635 g/mol. The molecule has 5 rings (SSSR count). The number of anilines is 2. The van der Waals surface area contributed by atoms with Crippen molar-refractivity contribution in [2.45, 2.75) is 51.5 Å². The number of hydrogen-bond acceptors (Lipinski definition) is 6. The van der Waals surface area contributed by atoms with Crippen molar-refractivity contribution in [2.24, 2.45) is 0 Å². The molecule has 2 aliphatic rings. The quantitative estimate of drug-likeness (QED) is 0.194. The Morgan fingerprint density at radius 3 is 2.34 bits per heavy atom. The third-order valence-corrected chi connectivity index (χ3v) is 8.35. The first-order valence-electron chi connectivity index (χ1n) is 15.0. The van der Waals surface area contributed by atoms with Crippen molar-refractivity contribution >= 4 is 28.9 Å². The lowest BCUT2D eigenvalue weighted by atomic mass is 9.99. The SMILES string of the molecule is CCOC(=O)c1cnn(C2CCCN(c3cc(Cl)ccc3-c3ccc(N4CCN(CC(C)(C)F)CC4)cc3)C2)c1C(F)(F)F. The lowest BCUT2D eigenvalue weighted by molar-refractivity contribution is -0.145. The number of ether oxygens (including phenoxy) is 1. The number of hydrogen-bond donors (Lipinski definition) is 0. The van der Waals surface area contributed by atoms with Crippen LogP contribution in [0.15, 0.2) is 48.7 Å². The number of halogens is 5. The van der Waals surface area contributed by atoms with Crippen LogP contribution >= 0.6 is 11.6 Å². The summed E-state index contributed by atoms with van der Waals surface area (Å²) in [6.07, 6.45) is -2.72. The van der Waals surface area contributed by atoms with Crippen LogP contribution in [0.3, 0.4) is 0 Å². The zero-order valence-electron chi connectivity index (χ0n) is 25.2. The molecule has 1 unspecified atom stereocenters. The first kappa shape index (κ1) is 32.1. The molecule has 1 atom stereocenters. The summed E-state index contributed by atoms with van der Waals surface area (Å²) in [6, 6.07) is 13.2. The molecular weight excluding hydrogens is 598 g/mol. The molecule has 0 radical (unpaired) electrons. The van der Waals surface area contributed by atoms with Gasteiger partial charge < -0.3 is 14.5 Å². The van der Waals surface area contributed by atoms with Crippen LogP contribution in [-0.2, 0) is 10.9 Å². The van der Waals surface area contributed by atoms with Gasteiger partial charge in [-0.25, -0.2) is 9.18 Å². The second-order valence-corrected chi connectivity index (χ2v) is 12.4. The van der Waals surface area contributed by atoms with Gasteiger partial charge in [-0.15, -0.1) is 0 Å². The number of nitrogens with zero attached hydrogens (tertiary/aromatic N) is 5. The maximum Gasteiger partial charge on any atom is 0.433 e. The summed E-state index contributed by atoms with van der Waals surface area (Å²) in [5.74, 6) is -1.04. The van der Waals surface area contributed by atoms with Crippen molar-refractivity contribution in [1.29, 1.82) is 0 Å². The molecule has 7 nitrogen and oxygen atoms in total. The van der Waals surface area contributed by atoms with Crippen molar-refractivity contribution in [1.82, 2.24) is 14.7 Å². The van der Waals surface area contributed by atoms with Crippen LogP contribution in [-0.4, -0.2) is 78.7 Å². The number of carbonyl (C=O) groups is 1. The van der Waals surface area contributed by atoms with Crippen molar-refractivity contribution in [3.63, 3.8) is 0 Å². The summed E-state index contributed by atoms with van der Waals surface area (Å²) in [5.41, 5.74) is 0.895. The highest BCUT2D eigenvalue weighted by Crippen LogP contribution is 2.39. The maximum atomic E-state index is 14.2. The molecule has 3 aromatic rings. The number of piperidine rings is 1. The van der Waals surface area contributed by atoms with Gasteiger partial charge in [0.05, 0.1) is 18.8 Å². The van der Waals surface area contributed by atoms with Gasteiger partial charge in [-0.1, -0.05) is 29.8 Å². The predicted octanol–water partition coefficient (Wildman–Crippen LogP) is 7.11. The number of rotatable bonds is 8. The first-order valence-corrected chi connectivity index (χ1v) is 15.3. The first-order chi connectivity index (χ1) is 20.8. The van der Waals surface area contributed by atoms with E-state index in [1.807, 2.05) is 35.2 Å². The van der Waals surface area contributed by atoms with E-state index in [9.17, 15) is 22.4 Å². The van der Waals surface area contributed by atoms with Crippen LogP contribution in [0, 0.1) is 0 Å². The number of alkyl halides is 4. The fourth-order valence-electron chi connectivity index (χ4n) is 6.21. The normalized spacial score (nSPS) is 18.5. The molecule has 2 aromatic carbocycles. The largest absolute Gasteiger partial charge is 0.462 e. The molecule has 12 heteroatoms. The molecule has 238 valence electrons. The third-order valence-electron chi connectivity index (χ3n) is 8.12. The van der Waals surface area contributed by atoms with Crippen molar-refractivity contribution in [3.8, 4) is 11.1 Å². The lowest BCUT2D eigenvalue weighted by Gasteiger charge is -2.38. The summed E-state index contributed by atoms with van der Waals surface area (Å²) in [7, 11) is 0. The van der Waals surface area contributed by atoms with E-state index in [0.29, 0.717) is 31.0 Å². The van der Waals surface area contributed by atoms with Gasteiger partial charge in [0, 0.05) is 67.8 Å². The zero-order chi connectivity index (χ0) is 31.6. The molecule has 0 saturated carbocycles. The highest BCUT2D eigenvalue weighted by molar-refractivity contribution is 6.31. The van der Waals surface area contributed by atoms with E-state index < -0.39 is 35.1 Å². The van der Waals surface area contributed by atoms with E-state index in [2.05, 4.69) is 27.0 Å². The summed E-state index contributed by atoms with van der Waals surface area (Å²) >= 11 is 6.43. The number of esters is 1. The number of benzene rings is 2. The summed E-state index contributed by atoms with van der Waals surface area (Å²) < 4.78 is 62.5. The Morgan fingerprint density at radius 2 is 1.70 bits per heavy atom. The van der Waals surface area contributed by atoms with Crippen LogP contribution in [0.1, 0.15) is 55.7 Å². The highest BCUT2D eigenvalue weighted by Gasteiger charge is 2.42. The molecule has 0 N–H and O–H groups in total. The van der Waals surface area contributed by atoms with E-state index in [1.165, 1.54) is 0 Å². The molecular formula is C32H38ClF4N5O2. The van der Waals surface area contributed by atoms with Crippen molar-refractivity contribution < 1.29 is 27.1 Å². The minimum absolute atomic E-state index is 0.0351. The fraction of sp³-hybridized carbons (Fsp3) is 0.500. The molecule has 0 aliphatic carbocycles.